The van der Waals surface area contributed by atoms with Gasteiger partial charge >= 0.3 is 0 Å². The monoisotopic (exact) mass is 340 g/mol. The molecule has 2 heterocycles. The number of nitrogen functional groups attached to an aromatic ring is 2. The third kappa shape index (κ3) is 3.02. The molecule has 1 saturated carbocycles. The lowest BCUT2D eigenvalue weighted by molar-refractivity contribution is 0.828. The first kappa shape index (κ1) is 14.9. The normalized spacial score (nSPS) is 14.0. The van der Waals surface area contributed by atoms with Gasteiger partial charge in [0.05, 0.1) is 5.75 Å². The van der Waals surface area contributed by atoms with Gasteiger partial charge in [-0.3, -0.25) is 4.57 Å². The number of aromatic nitrogens is 6. The van der Waals surface area contributed by atoms with Crippen LogP contribution in [0.1, 0.15) is 30.4 Å². The van der Waals surface area contributed by atoms with Crippen LogP contribution >= 0.6 is 11.8 Å². The predicted molar refractivity (Wildman–Crippen MR) is 91.5 cm³/mol. The van der Waals surface area contributed by atoms with E-state index in [1.54, 1.807) is 0 Å². The summed E-state index contributed by atoms with van der Waals surface area (Å²) in [5.74, 6) is 2.78. The molecule has 1 aromatic carbocycles. The van der Waals surface area contributed by atoms with Crippen molar-refractivity contribution in [2.45, 2.75) is 29.7 Å². The molecule has 3 aromatic rings. The highest BCUT2D eigenvalue weighted by Crippen LogP contribution is 2.41. The highest BCUT2D eigenvalue weighted by molar-refractivity contribution is 7.98. The van der Waals surface area contributed by atoms with Crippen molar-refractivity contribution in [1.82, 2.24) is 29.7 Å². The number of hydrogen-bond acceptors (Lipinski definition) is 8. The number of nitrogens with zero attached hydrogens (tertiary/aromatic N) is 6. The van der Waals surface area contributed by atoms with Crippen LogP contribution in [0.3, 0.4) is 0 Å². The summed E-state index contributed by atoms with van der Waals surface area (Å²) in [4.78, 5) is 12.0. The minimum absolute atomic E-state index is 0.126. The molecular weight excluding hydrogens is 324 g/mol. The molecule has 1 aliphatic carbocycles. The van der Waals surface area contributed by atoms with Crippen LogP contribution in [-0.4, -0.2) is 29.7 Å². The molecule has 1 aliphatic rings. The summed E-state index contributed by atoms with van der Waals surface area (Å²) >= 11 is 1.50. The topological polar surface area (TPSA) is 121 Å². The van der Waals surface area contributed by atoms with Crippen LogP contribution in [0, 0.1) is 0 Å². The average Bonchev–Trinajstić information content (AvgIpc) is 3.32. The minimum Gasteiger partial charge on any atom is -0.368 e. The van der Waals surface area contributed by atoms with Crippen LogP contribution in [-0.2, 0) is 5.75 Å². The number of nitrogens with two attached hydrogens (primary N) is 2. The van der Waals surface area contributed by atoms with Gasteiger partial charge in [-0.2, -0.15) is 15.0 Å². The van der Waals surface area contributed by atoms with Crippen molar-refractivity contribution >= 4 is 23.7 Å². The van der Waals surface area contributed by atoms with E-state index in [-0.39, 0.29) is 11.9 Å². The van der Waals surface area contributed by atoms with E-state index in [4.69, 9.17) is 11.5 Å². The van der Waals surface area contributed by atoms with Gasteiger partial charge in [-0.15, -0.1) is 10.2 Å². The Hall–Kier alpha value is -2.68. The second-order valence-electron chi connectivity index (χ2n) is 5.54. The van der Waals surface area contributed by atoms with Crippen molar-refractivity contribution in [3.63, 3.8) is 0 Å². The van der Waals surface area contributed by atoms with Gasteiger partial charge in [0.15, 0.2) is 5.16 Å². The minimum atomic E-state index is 0.126. The largest absolute Gasteiger partial charge is 0.368 e. The Kier molecular flexibility index (Phi) is 3.77. The highest BCUT2D eigenvalue weighted by atomic mass is 32.2. The summed E-state index contributed by atoms with van der Waals surface area (Å²) in [5.41, 5.74) is 12.3. The first-order valence-electron chi connectivity index (χ1n) is 7.60. The quantitative estimate of drug-likeness (QED) is 0.674. The summed E-state index contributed by atoms with van der Waals surface area (Å²) < 4.78 is 2.11. The van der Waals surface area contributed by atoms with Crippen molar-refractivity contribution in [2.24, 2.45) is 0 Å². The van der Waals surface area contributed by atoms with Gasteiger partial charge in [0, 0.05) is 11.6 Å². The van der Waals surface area contributed by atoms with E-state index in [0.29, 0.717) is 17.5 Å². The van der Waals surface area contributed by atoms with Gasteiger partial charge in [-0.1, -0.05) is 30.0 Å². The molecule has 2 aromatic heterocycles. The molecule has 0 spiro atoms. The number of benzene rings is 1. The van der Waals surface area contributed by atoms with Crippen LogP contribution in [0.2, 0.25) is 0 Å². The molecule has 0 aliphatic heterocycles. The lowest BCUT2D eigenvalue weighted by Crippen LogP contribution is -2.06. The van der Waals surface area contributed by atoms with Crippen LogP contribution in [0.4, 0.5) is 11.9 Å². The van der Waals surface area contributed by atoms with Gasteiger partial charge in [0.1, 0.15) is 11.6 Å². The van der Waals surface area contributed by atoms with Crippen LogP contribution in [0.25, 0.3) is 5.69 Å². The summed E-state index contributed by atoms with van der Waals surface area (Å²) in [6, 6.07) is 10.1. The van der Waals surface area contributed by atoms with Crippen molar-refractivity contribution in [3.05, 3.63) is 42.0 Å². The van der Waals surface area contributed by atoms with Crippen molar-refractivity contribution in [1.29, 1.82) is 0 Å². The van der Waals surface area contributed by atoms with Crippen LogP contribution in [0.15, 0.2) is 35.5 Å². The van der Waals surface area contributed by atoms with E-state index in [2.05, 4.69) is 41.8 Å². The Bertz CT molecular complexity index is 839. The smallest absolute Gasteiger partial charge is 0.225 e. The van der Waals surface area contributed by atoms with Gasteiger partial charge < -0.3 is 11.5 Å². The van der Waals surface area contributed by atoms with E-state index in [0.717, 1.165) is 29.5 Å². The standard InChI is InChI=1S/C15H16N8S/c16-13-18-11(19-14(17)20-13)8-24-15-22-21-12(9-6-7-9)23(15)10-4-2-1-3-5-10/h1-5,9H,6-8H2,(H4,16,17,18,19,20). The number of hydrogen-bond donors (Lipinski definition) is 2. The Labute approximate surface area is 142 Å². The fourth-order valence-corrected chi connectivity index (χ4v) is 3.26. The number of anilines is 2. The van der Waals surface area contributed by atoms with Crippen molar-refractivity contribution < 1.29 is 0 Å². The second kappa shape index (κ2) is 6.08. The number of rotatable bonds is 5. The maximum absolute atomic E-state index is 5.62. The molecule has 0 saturated heterocycles. The molecule has 4 rings (SSSR count). The molecule has 8 nitrogen and oxygen atoms in total. The Morgan fingerprint density at radius 3 is 2.38 bits per heavy atom. The third-order valence-electron chi connectivity index (χ3n) is 3.66. The molecule has 0 unspecified atom stereocenters. The molecule has 122 valence electrons. The van der Waals surface area contributed by atoms with E-state index in [1.165, 1.54) is 11.8 Å². The van der Waals surface area contributed by atoms with Crippen LogP contribution < -0.4 is 11.5 Å². The van der Waals surface area contributed by atoms with Crippen molar-refractivity contribution in [3.8, 4) is 5.69 Å². The fraction of sp³-hybridized carbons (Fsp3) is 0.267. The molecule has 0 atom stereocenters. The molecular formula is C15H16N8S. The van der Waals surface area contributed by atoms with Gasteiger partial charge in [-0.25, -0.2) is 0 Å². The van der Waals surface area contributed by atoms with Gasteiger partial charge in [0.2, 0.25) is 11.9 Å². The van der Waals surface area contributed by atoms with E-state index >= 15 is 0 Å². The lowest BCUT2D eigenvalue weighted by Gasteiger charge is -2.09. The van der Waals surface area contributed by atoms with Crippen molar-refractivity contribution in [2.75, 3.05) is 11.5 Å². The maximum Gasteiger partial charge on any atom is 0.225 e. The molecule has 0 radical (unpaired) electrons. The first-order chi connectivity index (χ1) is 11.7. The average molecular weight is 340 g/mol. The summed E-state index contributed by atoms with van der Waals surface area (Å²) in [5, 5.41) is 9.55. The Morgan fingerprint density at radius 2 is 1.71 bits per heavy atom. The molecule has 9 heteroatoms. The zero-order valence-electron chi connectivity index (χ0n) is 12.8. The zero-order valence-corrected chi connectivity index (χ0v) is 13.6. The Morgan fingerprint density at radius 1 is 1.00 bits per heavy atom. The SMILES string of the molecule is Nc1nc(N)nc(CSc2nnc(C3CC3)n2-c2ccccc2)n1. The zero-order chi connectivity index (χ0) is 16.5. The first-order valence-corrected chi connectivity index (χ1v) is 8.58. The molecule has 4 N–H and O–H groups in total. The number of thioether (sulfide) groups is 1. The molecule has 0 bridgehead atoms. The van der Waals surface area contributed by atoms with E-state index in [1.807, 2.05) is 18.2 Å². The molecule has 0 amide bonds. The predicted octanol–water partition coefficient (Wildman–Crippen LogP) is 1.79. The summed E-state index contributed by atoms with van der Waals surface area (Å²) in [7, 11) is 0. The fourth-order valence-electron chi connectivity index (χ4n) is 2.45. The maximum atomic E-state index is 5.62. The summed E-state index contributed by atoms with van der Waals surface area (Å²) in [6.07, 6.45) is 2.33. The highest BCUT2D eigenvalue weighted by Gasteiger charge is 2.31. The van der Waals surface area contributed by atoms with E-state index < -0.39 is 0 Å². The molecule has 24 heavy (non-hydrogen) atoms. The second-order valence-corrected chi connectivity index (χ2v) is 6.49. The van der Waals surface area contributed by atoms with Gasteiger partial charge in [0.25, 0.3) is 0 Å². The lowest BCUT2D eigenvalue weighted by atomic mass is 10.3. The molecule has 1 fully saturated rings. The summed E-state index contributed by atoms with van der Waals surface area (Å²) in [6.45, 7) is 0. The Balaban J connectivity index is 1.63. The van der Waals surface area contributed by atoms with Gasteiger partial charge in [-0.05, 0) is 25.0 Å². The number of para-hydroxylation sites is 1. The van der Waals surface area contributed by atoms with E-state index in [9.17, 15) is 0 Å². The van der Waals surface area contributed by atoms with Crippen LogP contribution in [0.5, 0.6) is 0 Å². The third-order valence-corrected chi connectivity index (χ3v) is 4.59.